The molecule has 2 aliphatic carbocycles. The maximum absolute atomic E-state index is 12.7. The molecule has 0 aromatic carbocycles. The fourth-order valence-electron chi connectivity index (χ4n) is 4.13. The lowest BCUT2D eigenvalue weighted by atomic mass is 9.78. The lowest BCUT2D eigenvalue weighted by Gasteiger charge is -2.47. The van der Waals surface area contributed by atoms with E-state index in [0.717, 1.165) is 36.5 Å². The SMILES string of the molecule is C=C1C[C@](S)(C(C)(C)C)n2cc(C(=O)O)c(=O)cc2C1=N/C(=C(\C)OCC1CC1)C1CC1. The average molecular weight is 457 g/mol. The summed E-state index contributed by atoms with van der Waals surface area (Å²) >= 11 is 5.02. The summed E-state index contributed by atoms with van der Waals surface area (Å²) in [6.07, 6.45) is 6.45. The van der Waals surface area contributed by atoms with Gasteiger partial charge >= 0.3 is 5.97 Å². The smallest absolute Gasteiger partial charge is 0.341 e. The van der Waals surface area contributed by atoms with Gasteiger partial charge in [-0.15, -0.1) is 0 Å². The normalized spacial score (nSPS) is 25.4. The average Bonchev–Trinajstić information content (AvgIpc) is 3.59. The molecular formula is C25H32N2O4S. The molecule has 0 spiro atoms. The van der Waals surface area contributed by atoms with Crippen LogP contribution >= 0.6 is 12.6 Å². The Labute approximate surface area is 194 Å². The molecule has 4 rings (SSSR count). The fraction of sp³-hybridized carbons (Fsp3) is 0.560. The van der Waals surface area contributed by atoms with Crippen molar-refractivity contribution in [2.45, 2.75) is 64.7 Å². The third-order valence-electron chi connectivity index (χ3n) is 6.71. The van der Waals surface area contributed by atoms with Crippen LogP contribution in [0.1, 0.15) is 75.9 Å². The maximum atomic E-state index is 12.7. The van der Waals surface area contributed by atoms with E-state index in [4.69, 9.17) is 22.4 Å². The molecule has 3 aliphatic rings. The minimum Gasteiger partial charge on any atom is -0.496 e. The van der Waals surface area contributed by atoms with Crippen LogP contribution in [0.25, 0.3) is 0 Å². The Morgan fingerprint density at radius 3 is 2.53 bits per heavy atom. The van der Waals surface area contributed by atoms with Crippen molar-refractivity contribution < 1.29 is 14.6 Å². The number of allylic oxidation sites excluding steroid dienone is 3. The van der Waals surface area contributed by atoms with Gasteiger partial charge in [0, 0.05) is 24.6 Å². The van der Waals surface area contributed by atoms with Crippen LogP contribution in [0.4, 0.5) is 0 Å². The number of rotatable bonds is 6. The van der Waals surface area contributed by atoms with Crippen molar-refractivity contribution in [1.29, 1.82) is 0 Å². The topological polar surface area (TPSA) is 80.9 Å². The second-order valence-corrected chi connectivity index (χ2v) is 11.1. The molecule has 1 N–H and O–H groups in total. The van der Waals surface area contributed by atoms with Crippen LogP contribution in [0.2, 0.25) is 0 Å². The number of thiol groups is 1. The van der Waals surface area contributed by atoms with Gasteiger partial charge in [-0.3, -0.25) is 4.79 Å². The third kappa shape index (κ3) is 4.19. The van der Waals surface area contributed by atoms with Crippen molar-refractivity contribution in [3.05, 3.63) is 57.4 Å². The lowest BCUT2D eigenvalue weighted by molar-refractivity contribution is 0.0693. The van der Waals surface area contributed by atoms with Gasteiger partial charge in [0.1, 0.15) is 11.3 Å². The molecule has 1 aliphatic heterocycles. The zero-order chi connectivity index (χ0) is 23.4. The van der Waals surface area contributed by atoms with Crippen molar-refractivity contribution in [1.82, 2.24) is 4.57 Å². The highest BCUT2D eigenvalue weighted by Crippen LogP contribution is 2.49. The first kappa shape index (κ1) is 22.9. The minimum atomic E-state index is -1.25. The summed E-state index contributed by atoms with van der Waals surface area (Å²) in [6, 6.07) is 1.37. The van der Waals surface area contributed by atoms with Crippen molar-refractivity contribution in [3.63, 3.8) is 0 Å². The summed E-state index contributed by atoms with van der Waals surface area (Å²) in [6.45, 7) is 13.1. The second kappa shape index (κ2) is 7.94. The van der Waals surface area contributed by atoms with Crippen LogP contribution in [-0.2, 0) is 9.61 Å². The van der Waals surface area contributed by atoms with Gasteiger partial charge in [-0.1, -0.05) is 27.4 Å². The van der Waals surface area contributed by atoms with Crippen molar-refractivity contribution in [2.24, 2.45) is 22.2 Å². The van der Waals surface area contributed by atoms with E-state index in [9.17, 15) is 14.7 Å². The van der Waals surface area contributed by atoms with E-state index in [1.165, 1.54) is 25.1 Å². The van der Waals surface area contributed by atoms with Crippen LogP contribution in [0.5, 0.6) is 0 Å². The molecule has 2 fully saturated rings. The number of nitrogens with zero attached hydrogens (tertiary/aromatic N) is 2. The Kier molecular flexibility index (Phi) is 5.68. The standard InChI is InChI=1S/C25H32N2O4S/c1-14-11-25(32,24(3,4)5)27-12-18(23(29)30)20(28)10-19(27)21(14)26-22(17-8-9-17)15(2)31-13-16-6-7-16/h10,12,16-17,32H,1,6-9,11,13H2,2-5H3,(H,29,30)/b22-15+,26-21?/t25-/m0/s1. The molecule has 6 nitrogen and oxygen atoms in total. The quantitative estimate of drug-likeness (QED) is 0.467. The Morgan fingerprint density at radius 1 is 1.34 bits per heavy atom. The molecule has 2 heterocycles. The van der Waals surface area contributed by atoms with Gasteiger partial charge < -0.3 is 14.4 Å². The first-order chi connectivity index (χ1) is 14.9. The zero-order valence-corrected chi connectivity index (χ0v) is 20.2. The van der Waals surface area contributed by atoms with Gasteiger partial charge in [-0.25, -0.2) is 9.79 Å². The molecule has 32 heavy (non-hydrogen) atoms. The highest BCUT2D eigenvalue weighted by Gasteiger charge is 2.46. The largest absolute Gasteiger partial charge is 0.496 e. The van der Waals surface area contributed by atoms with E-state index in [1.54, 1.807) is 4.57 Å². The molecule has 2 saturated carbocycles. The number of carboxylic acids is 1. The van der Waals surface area contributed by atoms with E-state index in [0.29, 0.717) is 29.7 Å². The molecule has 1 aromatic rings. The van der Waals surface area contributed by atoms with Gasteiger partial charge in [-0.2, -0.15) is 12.6 Å². The van der Waals surface area contributed by atoms with E-state index in [1.807, 2.05) is 27.7 Å². The molecule has 0 amide bonds. The molecule has 172 valence electrons. The van der Waals surface area contributed by atoms with Crippen molar-refractivity contribution in [2.75, 3.05) is 6.61 Å². The molecule has 0 unspecified atom stereocenters. The van der Waals surface area contributed by atoms with Crippen molar-refractivity contribution in [3.8, 4) is 0 Å². The monoisotopic (exact) mass is 456 g/mol. The number of carboxylic acid groups (broad SMARTS) is 1. The predicted molar refractivity (Wildman–Crippen MR) is 128 cm³/mol. The highest BCUT2D eigenvalue weighted by atomic mass is 32.1. The molecule has 1 atom stereocenters. The molecule has 0 saturated heterocycles. The van der Waals surface area contributed by atoms with Gasteiger partial charge in [0.05, 0.1) is 28.6 Å². The van der Waals surface area contributed by atoms with Crippen LogP contribution in [0.3, 0.4) is 0 Å². The van der Waals surface area contributed by atoms with Crippen LogP contribution in [0.15, 0.2) is 45.7 Å². The number of hydrogen-bond donors (Lipinski definition) is 2. The summed E-state index contributed by atoms with van der Waals surface area (Å²) in [5.74, 6) is 0.571. The highest BCUT2D eigenvalue weighted by molar-refractivity contribution is 7.81. The van der Waals surface area contributed by atoms with E-state index in [-0.39, 0.29) is 11.0 Å². The van der Waals surface area contributed by atoms with Crippen LogP contribution in [0, 0.1) is 17.3 Å². The first-order valence-electron chi connectivity index (χ1n) is 11.3. The number of fused-ring (bicyclic) bond motifs is 1. The number of hydrogen-bond acceptors (Lipinski definition) is 5. The predicted octanol–water partition coefficient (Wildman–Crippen LogP) is 4.99. The number of aromatic carboxylic acids is 1. The van der Waals surface area contributed by atoms with Gasteiger partial charge in [-0.05, 0) is 49.5 Å². The Morgan fingerprint density at radius 2 is 2.00 bits per heavy atom. The number of ether oxygens (including phenoxy) is 1. The minimum absolute atomic E-state index is 0.273. The Hall–Kier alpha value is -2.28. The lowest BCUT2D eigenvalue weighted by Crippen LogP contribution is -2.47. The zero-order valence-electron chi connectivity index (χ0n) is 19.3. The summed E-state index contributed by atoms with van der Waals surface area (Å²) in [5.41, 5.74) is 1.69. The number of aliphatic imine (C=N–C) groups is 1. The summed E-state index contributed by atoms with van der Waals surface area (Å²) in [5, 5.41) is 9.56. The van der Waals surface area contributed by atoms with Crippen LogP contribution in [-0.4, -0.2) is 28.0 Å². The number of carbonyl (C=O) groups is 1. The molecule has 0 radical (unpaired) electrons. The molecular weight excluding hydrogens is 424 g/mol. The maximum Gasteiger partial charge on any atom is 0.341 e. The summed E-state index contributed by atoms with van der Waals surface area (Å²) in [4.78, 5) is 28.6. The molecule has 0 bridgehead atoms. The molecule has 1 aromatic heterocycles. The third-order valence-corrected chi connectivity index (χ3v) is 7.75. The first-order valence-corrected chi connectivity index (χ1v) is 11.7. The van der Waals surface area contributed by atoms with Gasteiger partial charge in [0.2, 0.25) is 0 Å². The summed E-state index contributed by atoms with van der Waals surface area (Å²) in [7, 11) is 0. The number of pyridine rings is 1. The van der Waals surface area contributed by atoms with E-state index >= 15 is 0 Å². The van der Waals surface area contributed by atoms with Gasteiger partial charge in [0.25, 0.3) is 0 Å². The van der Waals surface area contributed by atoms with Crippen molar-refractivity contribution >= 4 is 24.3 Å². The summed E-state index contributed by atoms with van der Waals surface area (Å²) < 4.78 is 7.85. The van der Waals surface area contributed by atoms with Gasteiger partial charge in [0.15, 0.2) is 5.43 Å². The second-order valence-electron chi connectivity index (χ2n) is 10.4. The van der Waals surface area contributed by atoms with E-state index < -0.39 is 16.3 Å². The molecule has 7 heteroatoms. The van der Waals surface area contributed by atoms with E-state index in [2.05, 4.69) is 6.58 Å². The number of aromatic nitrogens is 1. The fourth-order valence-corrected chi connectivity index (χ4v) is 4.49. The Bertz CT molecular complexity index is 1100. The Balaban J connectivity index is 1.88. The van der Waals surface area contributed by atoms with Crippen LogP contribution < -0.4 is 5.43 Å².